The minimum absolute atomic E-state index is 0.253. The van der Waals surface area contributed by atoms with Crippen molar-refractivity contribution in [2.45, 2.75) is 0 Å². The molecule has 0 saturated carbocycles. The maximum absolute atomic E-state index is 12.2. The zero-order valence-corrected chi connectivity index (χ0v) is 16.3. The number of nitrogens with one attached hydrogen (secondary N) is 2. The monoisotopic (exact) mass is 425 g/mol. The number of rotatable bonds is 4. The summed E-state index contributed by atoms with van der Waals surface area (Å²) in [5.41, 5.74) is 5.14. The average Bonchev–Trinajstić information content (AvgIpc) is 3.20. The second-order valence-corrected chi connectivity index (χ2v) is 6.61. The Labute approximate surface area is 176 Å². The van der Waals surface area contributed by atoms with Crippen LogP contribution in [0, 0.1) is 11.3 Å². The van der Waals surface area contributed by atoms with Crippen molar-refractivity contribution in [1.29, 1.82) is 5.26 Å². The number of hydrogen-bond acceptors (Lipinski definition) is 4. The Kier molecular flexibility index (Phi) is 6.35. The van der Waals surface area contributed by atoms with Crippen LogP contribution in [-0.2, 0) is 4.79 Å². The van der Waals surface area contributed by atoms with Gasteiger partial charge in [0, 0.05) is 22.2 Å². The number of furan rings is 1. The number of hydrogen-bond donors (Lipinski definition) is 2. The molecule has 3 rings (SSSR count). The van der Waals surface area contributed by atoms with Gasteiger partial charge in [0.15, 0.2) is 0 Å². The van der Waals surface area contributed by atoms with Crippen LogP contribution in [0.15, 0.2) is 70.7 Å². The Hall–Kier alpha value is -3.53. The summed E-state index contributed by atoms with van der Waals surface area (Å²) in [6.45, 7) is 0. The molecule has 1 aromatic heterocycles. The molecular formula is C21H13Cl2N3O3. The van der Waals surface area contributed by atoms with Gasteiger partial charge in [-0.2, -0.15) is 5.26 Å². The summed E-state index contributed by atoms with van der Waals surface area (Å²) in [5.74, 6) is -0.599. The number of hydrazine groups is 1. The minimum Gasteiger partial charge on any atom is -0.457 e. The lowest BCUT2D eigenvalue weighted by Gasteiger charge is -2.06. The number of benzene rings is 2. The van der Waals surface area contributed by atoms with E-state index >= 15 is 0 Å². The van der Waals surface area contributed by atoms with Crippen LogP contribution >= 0.6 is 23.2 Å². The van der Waals surface area contributed by atoms with Gasteiger partial charge in [-0.05, 0) is 42.5 Å². The van der Waals surface area contributed by atoms with Gasteiger partial charge in [-0.25, -0.2) is 0 Å². The van der Waals surface area contributed by atoms with Crippen molar-refractivity contribution in [2.75, 3.05) is 0 Å². The van der Waals surface area contributed by atoms with Crippen LogP contribution in [0.4, 0.5) is 0 Å². The highest BCUT2D eigenvalue weighted by Gasteiger charge is 2.14. The van der Waals surface area contributed by atoms with Crippen LogP contribution in [-0.4, -0.2) is 11.8 Å². The second kappa shape index (κ2) is 9.11. The van der Waals surface area contributed by atoms with Gasteiger partial charge in [0.05, 0.1) is 5.02 Å². The summed E-state index contributed by atoms with van der Waals surface area (Å²) in [4.78, 5) is 24.2. The first-order chi connectivity index (χ1) is 14.0. The number of nitrogens with zero attached hydrogens (tertiary/aromatic N) is 1. The fourth-order valence-corrected chi connectivity index (χ4v) is 2.78. The third-order valence-corrected chi connectivity index (χ3v) is 4.36. The van der Waals surface area contributed by atoms with Crippen molar-refractivity contribution in [3.05, 3.63) is 87.6 Å². The third-order valence-electron chi connectivity index (χ3n) is 3.80. The molecule has 144 valence electrons. The molecule has 2 aromatic carbocycles. The minimum atomic E-state index is -0.782. The van der Waals surface area contributed by atoms with E-state index < -0.39 is 11.8 Å². The van der Waals surface area contributed by atoms with E-state index in [-0.39, 0.29) is 11.3 Å². The molecule has 0 unspecified atom stereocenters. The van der Waals surface area contributed by atoms with E-state index in [1.807, 2.05) is 0 Å². The molecule has 0 fully saturated rings. The van der Waals surface area contributed by atoms with Crippen LogP contribution in [0.3, 0.4) is 0 Å². The highest BCUT2D eigenvalue weighted by atomic mass is 35.5. The molecule has 29 heavy (non-hydrogen) atoms. The Bertz CT molecular complexity index is 1130. The number of carbonyl (C=O) groups is 2. The summed E-state index contributed by atoms with van der Waals surface area (Å²) in [5, 5.41) is 10.2. The summed E-state index contributed by atoms with van der Waals surface area (Å²) >= 11 is 12.1. The zero-order chi connectivity index (χ0) is 20.8. The molecule has 2 N–H and O–H groups in total. The normalized spacial score (nSPS) is 10.9. The molecule has 3 aromatic rings. The fraction of sp³-hybridized carbons (Fsp3) is 0. The summed E-state index contributed by atoms with van der Waals surface area (Å²) in [7, 11) is 0. The standard InChI is InChI=1S/C21H13Cl2N3O3/c22-15-6-8-18(23)17(11-15)19-9-7-16(29-19)10-14(12-24)21(28)26-25-20(27)13-4-2-1-3-5-13/h1-11H,(H,25,27)(H,26,28). The number of amides is 2. The lowest BCUT2D eigenvalue weighted by molar-refractivity contribution is -0.117. The van der Waals surface area contributed by atoms with Crippen molar-refractivity contribution in [2.24, 2.45) is 0 Å². The predicted molar refractivity (Wildman–Crippen MR) is 110 cm³/mol. The second-order valence-electron chi connectivity index (χ2n) is 5.77. The summed E-state index contributed by atoms with van der Waals surface area (Å²) < 4.78 is 5.64. The largest absolute Gasteiger partial charge is 0.457 e. The molecule has 0 saturated heterocycles. The average molecular weight is 426 g/mol. The van der Waals surface area contributed by atoms with Crippen molar-refractivity contribution in [1.82, 2.24) is 10.9 Å². The predicted octanol–water partition coefficient (Wildman–Crippen LogP) is 4.62. The Balaban J connectivity index is 1.72. The van der Waals surface area contributed by atoms with Gasteiger partial charge in [-0.1, -0.05) is 41.4 Å². The Morgan fingerprint density at radius 2 is 1.76 bits per heavy atom. The van der Waals surface area contributed by atoms with Crippen molar-refractivity contribution in [3.63, 3.8) is 0 Å². The molecule has 0 aliphatic carbocycles. The number of halogens is 2. The van der Waals surface area contributed by atoms with Gasteiger partial charge in [0.2, 0.25) is 0 Å². The molecule has 0 spiro atoms. The first-order valence-corrected chi connectivity index (χ1v) is 9.06. The molecule has 0 aliphatic rings. The van der Waals surface area contributed by atoms with Crippen molar-refractivity contribution >= 4 is 41.1 Å². The van der Waals surface area contributed by atoms with Gasteiger partial charge in [0.1, 0.15) is 23.2 Å². The van der Waals surface area contributed by atoms with Gasteiger partial charge in [-0.3, -0.25) is 20.4 Å². The molecule has 8 heteroatoms. The quantitative estimate of drug-likeness (QED) is 0.362. The maximum atomic E-state index is 12.2. The van der Waals surface area contributed by atoms with E-state index in [2.05, 4.69) is 10.9 Å². The molecule has 0 aliphatic heterocycles. The number of nitriles is 1. The van der Waals surface area contributed by atoms with E-state index in [1.165, 1.54) is 6.08 Å². The van der Waals surface area contributed by atoms with Gasteiger partial charge in [-0.15, -0.1) is 0 Å². The molecule has 2 amide bonds. The molecule has 1 heterocycles. The first kappa shape index (κ1) is 20.2. The van der Waals surface area contributed by atoms with Crippen LogP contribution < -0.4 is 10.9 Å². The first-order valence-electron chi connectivity index (χ1n) is 8.30. The van der Waals surface area contributed by atoms with Crippen LogP contribution in [0.2, 0.25) is 10.0 Å². The molecule has 6 nitrogen and oxygen atoms in total. The Morgan fingerprint density at radius 1 is 1.00 bits per heavy atom. The van der Waals surface area contributed by atoms with Gasteiger partial charge >= 0.3 is 0 Å². The maximum Gasteiger partial charge on any atom is 0.280 e. The highest BCUT2D eigenvalue weighted by Crippen LogP contribution is 2.32. The van der Waals surface area contributed by atoms with E-state index in [9.17, 15) is 14.9 Å². The van der Waals surface area contributed by atoms with E-state index in [4.69, 9.17) is 27.6 Å². The van der Waals surface area contributed by atoms with Crippen LogP contribution in [0.25, 0.3) is 17.4 Å². The van der Waals surface area contributed by atoms with E-state index in [1.54, 1.807) is 66.7 Å². The van der Waals surface area contributed by atoms with Gasteiger partial charge < -0.3 is 4.42 Å². The SMILES string of the molecule is N#CC(=Cc1ccc(-c2cc(Cl)ccc2Cl)o1)C(=O)NNC(=O)c1ccccc1. The third kappa shape index (κ3) is 5.05. The Morgan fingerprint density at radius 3 is 2.48 bits per heavy atom. The molecule has 0 radical (unpaired) electrons. The smallest absolute Gasteiger partial charge is 0.280 e. The molecule has 0 bridgehead atoms. The molecular weight excluding hydrogens is 413 g/mol. The lowest BCUT2D eigenvalue weighted by Crippen LogP contribution is -2.42. The van der Waals surface area contributed by atoms with Gasteiger partial charge in [0.25, 0.3) is 11.8 Å². The van der Waals surface area contributed by atoms with Crippen LogP contribution in [0.5, 0.6) is 0 Å². The summed E-state index contributed by atoms with van der Waals surface area (Å²) in [6, 6.07) is 18.3. The van der Waals surface area contributed by atoms with Crippen molar-refractivity contribution in [3.8, 4) is 17.4 Å². The zero-order valence-electron chi connectivity index (χ0n) is 14.8. The van der Waals surface area contributed by atoms with E-state index in [0.717, 1.165) is 0 Å². The number of carbonyl (C=O) groups excluding carboxylic acids is 2. The lowest BCUT2D eigenvalue weighted by atomic mass is 10.2. The highest BCUT2D eigenvalue weighted by molar-refractivity contribution is 6.35. The van der Waals surface area contributed by atoms with E-state index in [0.29, 0.717) is 26.9 Å². The van der Waals surface area contributed by atoms with Crippen molar-refractivity contribution < 1.29 is 14.0 Å². The summed E-state index contributed by atoms with van der Waals surface area (Å²) in [6.07, 6.45) is 1.26. The van der Waals surface area contributed by atoms with Crippen LogP contribution in [0.1, 0.15) is 16.1 Å². The topological polar surface area (TPSA) is 95.1 Å². The molecule has 0 atom stereocenters. The fourth-order valence-electron chi connectivity index (χ4n) is 2.39.